The van der Waals surface area contributed by atoms with Crippen LogP contribution in [0.25, 0.3) is 22.1 Å². The largest absolute Gasteiger partial charge is 0.394 e. The lowest BCUT2D eigenvalue weighted by Crippen LogP contribution is -2.26. The quantitative estimate of drug-likeness (QED) is 0.0551. The molecule has 284 valence electrons. The summed E-state index contributed by atoms with van der Waals surface area (Å²) in [6.45, 7) is -0.725. The van der Waals surface area contributed by atoms with Crippen LogP contribution >= 0.6 is 55.1 Å². The van der Waals surface area contributed by atoms with Crippen molar-refractivity contribution in [2.24, 2.45) is 14.1 Å². The minimum absolute atomic E-state index is 0.000486. The number of hydrogen-bond donors (Lipinski definition) is 6. The van der Waals surface area contributed by atoms with Gasteiger partial charge in [-0.3, -0.25) is 19.3 Å². The van der Waals surface area contributed by atoms with Crippen LogP contribution in [0.15, 0.2) is 70.1 Å². The molecular weight excluding hydrogens is 885 g/mol. The lowest BCUT2D eigenvalue weighted by atomic mass is 10.1. The number of aliphatic hydroxyl groups excluding tert-OH is 2. The Balaban J connectivity index is 0.000000208. The monoisotopic (exact) mass is 912 g/mol. The number of aryl methyl sites for hydroxylation is 2. The first-order valence-corrected chi connectivity index (χ1v) is 18.0. The zero-order valence-electron chi connectivity index (χ0n) is 28.2. The fourth-order valence-electron chi connectivity index (χ4n) is 4.94. The predicted octanol–water partition coefficient (Wildman–Crippen LogP) is 7.05. The number of benzene rings is 4. The molecule has 6 aromatic rings. The summed E-state index contributed by atoms with van der Waals surface area (Å²) in [5, 5.41) is 23.9. The second-order valence-electron chi connectivity index (χ2n) is 11.2. The molecule has 0 radical (unpaired) electrons. The summed E-state index contributed by atoms with van der Waals surface area (Å²) in [4.78, 5) is 42.8. The summed E-state index contributed by atoms with van der Waals surface area (Å²) in [6.07, 6.45) is 2.90. The number of halogens is 6. The third kappa shape index (κ3) is 9.27. The van der Waals surface area contributed by atoms with Gasteiger partial charge in [0.25, 0.3) is 11.8 Å². The average Bonchev–Trinajstić information content (AvgIpc) is 3.71. The maximum absolute atomic E-state index is 15.1. The number of nitrogens with one attached hydrogen (secondary N) is 4. The van der Waals surface area contributed by atoms with Crippen molar-refractivity contribution in [3.05, 3.63) is 103 Å². The Morgan fingerprint density at radius 3 is 1.46 bits per heavy atom. The molecule has 4 aromatic carbocycles. The van der Waals surface area contributed by atoms with E-state index in [0.29, 0.717) is 32.5 Å². The molecule has 0 saturated heterocycles. The van der Waals surface area contributed by atoms with E-state index in [1.54, 1.807) is 59.6 Å². The van der Waals surface area contributed by atoms with E-state index in [2.05, 4.69) is 63.4 Å². The minimum atomic E-state index is -0.695. The van der Waals surface area contributed by atoms with Gasteiger partial charge in [0.1, 0.15) is 11.0 Å². The second-order valence-corrected chi connectivity index (χ2v) is 13.8. The number of carbonyl (C=O) groups excluding carboxylic acids is 2. The smallest absolute Gasteiger partial charge is 0.277 e. The van der Waals surface area contributed by atoms with Crippen molar-refractivity contribution in [2.75, 3.05) is 37.1 Å². The lowest BCUT2D eigenvalue weighted by molar-refractivity contribution is 0.0166. The molecule has 0 aliphatic rings. The van der Waals surface area contributed by atoms with E-state index in [0.717, 1.165) is 8.95 Å². The first-order valence-electron chi connectivity index (χ1n) is 15.6. The number of aromatic nitrogens is 4. The van der Waals surface area contributed by atoms with Crippen molar-refractivity contribution in [3.8, 4) is 0 Å². The van der Waals surface area contributed by atoms with Gasteiger partial charge in [-0.2, -0.15) is 0 Å². The summed E-state index contributed by atoms with van der Waals surface area (Å²) in [7, 11) is 3.38. The van der Waals surface area contributed by atoms with Crippen LogP contribution in [0.5, 0.6) is 0 Å². The molecule has 14 nitrogen and oxygen atoms in total. The van der Waals surface area contributed by atoms with Gasteiger partial charge < -0.3 is 30.0 Å². The number of aliphatic hydroxyl groups is 2. The van der Waals surface area contributed by atoms with Crippen LogP contribution in [0.3, 0.4) is 0 Å². The highest BCUT2D eigenvalue weighted by Gasteiger charge is 2.24. The van der Waals surface area contributed by atoms with E-state index < -0.39 is 23.4 Å². The Labute approximate surface area is 332 Å². The van der Waals surface area contributed by atoms with Gasteiger partial charge in [0.15, 0.2) is 11.6 Å². The number of hydrogen-bond acceptors (Lipinski definition) is 10. The molecule has 0 saturated carbocycles. The maximum Gasteiger partial charge on any atom is 0.277 e. The Kier molecular flexibility index (Phi) is 13.8. The molecule has 0 aliphatic heterocycles. The molecule has 6 rings (SSSR count). The summed E-state index contributed by atoms with van der Waals surface area (Å²) < 4.78 is 35.0. The number of fused-ring (bicyclic) bond motifs is 2. The number of hydroxylamine groups is 2. The van der Waals surface area contributed by atoms with Crippen LogP contribution in [-0.2, 0) is 23.8 Å². The van der Waals surface area contributed by atoms with E-state index in [1.165, 1.54) is 24.8 Å². The molecule has 0 bridgehead atoms. The summed E-state index contributed by atoms with van der Waals surface area (Å²) in [5.74, 6) is -2.75. The van der Waals surface area contributed by atoms with Crippen molar-refractivity contribution in [1.29, 1.82) is 0 Å². The molecule has 0 atom stereocenters. The fourth-order valence-corrected chi connectivity index (χ4v) is 6.38. The Morgan fingerprint density at radius 1 is 0.722 bits per heavy atom. The van der Waals surface area contributed by atoms with Gasteiger partial charge in [0, 0.05) is 23.0 Å². The average molecular weight is 915 g/mol. The first kappa shape index (κ1) is 40.8. The number of carbonyl (C=O) groups is 2. The van der Waals surface area contributed by atoms with Gasteiger partial charge in [-0.25, -0.2) is 29.7 Å². The SMILES string of the molecule is Cn1cnc2c(F)c(Nc3ccc(Br)cc3Cl)c(C(=O)NOCCO)cc21.Cn1cnc2c(F)c(Nc3ccc(Br)cc3Cl)c(C(=O)NOCCO)cc21. The van der Waals surface area contributed by atoms with E-state index in [1.807, 2.05) is 0 Å². The molecule has 6 N–H and O–H groups in total. The predicted molar refractivity (Wildman–Crippen MR) is 207 cm³/mol. The summed E-state index contributed by atoms with van der Waals surface area (Å²) in [6, 6.07) is 13.1. The van der Waals surface area contributed by atoms with E-state index >= 15 is 8.78 Å². The molecule has 0 aliphatic carbocycles. The Bertz CT molecular complexity index is 2180. The van der Waals surface area contributed by atoms with Crippen LogP contribution < -0.4 is 21.6 Å². The van der Waals surface area contributed by atoms with Crippen LogP contribution in [0.2, 0.25) is 10.0 Å². The standard InChI is InChI=1S/2C17H15BrClFN4O3/c2*1-24-8-21-16-13(24)7-10(17(26)23-27-5-4-25)15(14(16)20)22-12-3-2-9(18)6-11(12)19/h2*2-3,6-8,22,25H,4-5H2,1H3,(H,23,26). The minimum Gasteiger partial charge on any atom is -0.394 e. The third-order valence-corrected chi connectivity index (χ3v) is 9.12. The van der Waals surface area contributed by atoms with Crippen LogP contribution in [0, 0.1) is 11.6 Å². The van der Waals surface area contributed by atoms with E-state index in [9.17, 15) is 9.59 Å². The van der Waals surface area contributed by atoms with Gasteiger partial charge in [-0.1, -0.05) is 55.1 Å². The molecule has 54 heavy (non-hydrogen) atoms. The number of anilines is 4. The number of nitrogens with zero attached hydrogens (tertiary/aromatic N) is 4. The second kappa shape index (κ2) is 18.3. The van der Waals surface area contributed by atoms with Crippen molar-refractivity contribution in [2.45, 2.75) is 0 Å². The topological polar surface area (TPSA) is 177 Å². The number of amides is 2. The van der Waals surface area contributed by atoms with Crippen LogP contribution in [0.4, 0.5) is 31.5 Å². The van der Waals surface area contributed by atoms with Crippen LogP contribution in [-0.4, -0.2) is 67.6 Å². The van der Waals surface area contributed by atoms with Gasteiger partial charge in [0.05, 0.1) is 94.0 Å². The summed E-state index contributed by atoms with van der Waals surface area (Å²) in [5.41, 5.74) is 6.11. The van der Waals surface area contributed by atoms with E-state index in [4.69, 9.17) is 43.1 Å². The first-order chi connectivity index (χ1) is 25.8. The molecule has 2 amide bonds. The zero-order chi connectivity index (χ0) is 39.1. The van der Waals surface area contributed by atoms with E-state index in [-0.39, 0.29) is 60.0 Å². The fraction of sp³-hybridized carbons (Fsp3) is 0.176. The van der Waals surface area contributed by atoms with Crippen LogP contribution in [0.1, 0.15) is 20.7 Å². The van der Waals surface area contributed by atoms with Gasteiger partial charge >= 0.3 is 0 Å². The molecule has 2 heterocycles. The van der Waals surface area contributed by atoms with Gasteiger partial charge in [0.2, 0.25) is 0 Å². The summed E-state index contributed by atoms with van der Waals surface area (Å²) >= 11 is 19.0. The number of imidazole rings is 2. The molecule has 0 fully saturated rings. The zero-order valence-corrected chi connectivity index (χ0v) is 32.9. The maximum atomic E-state index is 15.1. The molecule has 2 aromatic heterocycles. The normalized spacial score (nSPS) is 11.0. The van der Waals surface area contributed by atoms with Crippen molar-refractivity contribution >= 4 is 112 Å². The Hall–Kier alpha value is -4.40. The third-order valence-electron chi connectivity index (χ3n) is 7.51. The van der Waals surface area contributed by atoms with Gasteiger partial charge in [-0.15, -0.1) is 0 Å². The lowest BCUT2D eigenvalue weighted by Gasteiger charge is -2.15. The van der Waals surface area contributed by atoms with Gasteiger partial charge in [-0.05, 0) is 48.5 Å². The highest BCUT2D eigenvalue weighted by atomic mass is 79.9. The molecule has 20 heteroatoms. The Morgan fingerprint density at radius 2 is 1.11 bits per heavy atom. The number of rotatable bonds is 12. The van der Waals surface area contributed by atoms with Crippen molar-refractivity contribution < 1.29 is 38.3 Å². The molecular formula is C34H30Br2Cl2F2N8O6. The van der Waals surface area contributed by atoms with Crippen molar-refractivity contribution in [3.63, 3.8) is 0 Å². The highest BCUT2D eigenvalue weighted by Crippen LogP contribution is 2.36. The van der Waals surface area contributed by atoms with Crippen molar-refractivity contribution in [1.82, 2.24) is 30.1 Å². The molecule has 0 spiro atoms. The highest BCUT2D eigenvalue weighted by molar-refractivity contribution is 9.10. The molecule has 0 unspecified atom stereocenters.